The number of aliphatic hydroxyl groups excluding tert-OH is 1. The summed E-state index contributed by atoms with van der Waals surface area (Å²) in [4.78, 5) is 2.36. The van der Waals surface area contributed by atoms with Gasteiger partial charge in [-0.05, 0) is 63.4 Å². The third kappa shape index (κ3) is 6.95. The fourth-order valence-corrected chi connectivity index (χ4v) is 3.59. The van der Waals surface area contributed by atoms with E-state index in [-0.39, 0.29) is 0 Å². The predicted molar refractivity (Wildman–Crippen MR) is 109 cm³/mol. The summed E-state index contributed by atoms with van der Waals surface area (Å²) >= 11 is 0. The van der Waals surface area contributed by atoms with E-state index in [1.807, 2.05) is 32.0 Å². The molecule has 0 aliphatic carbocycles. The lowest BCUT2D eigenvalue weighted by atomic mass is 9.96. The van der Waals surface area contributed by atoms with Gasteiger partial charge in [-0.25, -0.2) is 0 Å². The molecule has 2 aliphatic heterocycles. The second-order valence-corrected chi connectivity index (χ2v) is 6.49. The van der Waals surface area contributed by atoms with Crippen LogP contribution in [0.25, 0.3) is 0 Å². The number of benzene rings is 1. The van der Waals surface area contributed by atoms with Crippen LogP contribution in [0.4, 0.5) is 5.69 Å². The molecule has 2 saturated heterocycles. The van der Waals surface area contributed by atoms with Crippen molar-refractivity contribution in [1.29, 1.82) is 5.26 Å². The molecule has 2 aliphatic rings. The molecule has 3 N–H and O–H groups in total. The van der Waals surface area contributed by atoms with Gasteiger partial charge in [-0.3, -0.25) is 0 Å². The topological polar surface area (TPSA) is 71.3 Å². The predicted octanol–water partition coefficient (Wildman–Crippen LogP) is 2.75. The second-order valence-electron chi connectivity index (χ2n) is 6.49. The zero-order chi connectivity index (χ0) is 19.2. The highest BCUT2D eigenvalue weighted by Gasteiger charge is 2.22. The Kier molecular flexibility index (Phi) is 11.7. The van der Waals surface area contributed by atoms with Gasteiger partial charge in [0.1, 0.15) is 6.07 Å². The zero-order valence-electron chi connectivity index (χ0n) is 16.7. The Morgan fingerprint density at radius 3 is 2.35 bits per heavy atom. The zero-order valence-corrected chi connectivity index (χ0v) is 16.7. The van der Waals surface area contributed by atoms with Gasteiger partial charge in [0.15, 0.2) is 0 Å². The molecule has 146 valence electrons. The van der Waals surface area contributed by atoms with Crippen LogP contribution in [0, 0.1) is 17.2 Å². The van der Waals surface area contributed by atoms with Gasteiger partial charge in [0, 0.05) is 26.2 Å². The molecule has 0 spiro atoms. The SMILES string of the molecule is CC.CO.N#Cc1ccccc1N1CCC(NCC2CCNCC2)CC1. The molecule has 0 unspecified atom stereocenters. The normalized spacial score (nSPS) is 18.0. The van der Waals surface area contributed by atoms with Crippen LogP contribution in [0.15, 0.2) is 24.3 Å². The molecule has 2 fully saturated rings. The Morgan fingerprint density at radius 2 is 1.73 bits per heavy atom. The number of hydrogen-bond acceptors (Lipinski definition) is 5. The minimum atomic E-state index is 0.639. The van der Waals surface area contributed by atoms with Gasteiger partial charge < -0.3 is 20.6 Å². The molecule has 0 bridgehead atoms. The van der Waals surface area contributed by atoms with Crippen LogP contribution in [0.3, 0.4) is 0 Å². The Hall–Kier alpha value is -1.61. The molecule has 5 nitrogen and oxygen atoms in total. The number of hydrogen-bond donors (Lipinski definition) is 3. The standard InChI is InChI=1S/C18H26N4.C2H6.CH4O/c19-13-16-3-1-2-4-18(16)22-11-7-17(8-12-22)21-14-15-5-9-20-10-6-15;2*1-2/h1-4,15,17,20-21H,5-12,14H2;1-2H3;2H,1H3. The number of nitrogens with one attached hydrogen (secondary N) is 2. The number of rotatable bonds is 4. The van der Waals surface area contributed by atoms with Gasteiger partial charge in [0.2, 0.25) is 0 Å². The molecule has 0 aromatic heterocycles. The number of nitrogens with zero attached hydrogens (tertiary/aromatic N) is 2. The van der Waals surface area contributed by atoms with Crippen LogP contribution in [0.5, 0.6) is 0 Å². The number of piperidine rings is 2. The summed E-state index contributed by atoms with van der Waals surface area (Å²) in [6.45, 7) is 9.61. The molecule has 2 heterocycles. The first-order valence-corrected chi connectivity index (χ1v) is 9.99. The highest BCUT2D eigenvalue weighted by Crippen LogP contribution is 2.23. The van der Waals surface area contributed by atoms with Crippen molar-refractivity contribution in [3.8, 4) is 6.07 Å². The summed E-state index contributed by atoms with van der Waals surface area (Å²) in [6, 6.07) is 10.9. The molecule has 1 aromatic carbocycles. The number of para-hydroxylation sites is 1. The molecular formula is C21H36N4O. The highest BCUT2D eigenvalue weighted by atomic mass is 16.2. The molecular weight excluding hydrogens is 324 g/mol. The van der Waals surface area contributed by atoms with E-state index >= 15 is 0 Å². The summed E-state index contributed by atoms with van der Waals surface area (Å²) in [5.74, 6) is 0.846. The van der Waals surface area contributed by atoms with E-state index in [4.69, 9.17) is 5.11 Å². The minimum absolute atomic E-state index is 0.639. The first kappa shape index (κ1) is 22.4. The number of anilines is 1. The Labute approximate surface area is 159 Å². The average molecular weight is 361 g/mol. The number of aliphatic hydroxyl groups is 1. The van der Waals surface area contributed by atoms with Gasteiger partial charge in [0.05, 0.1) is 11.3 Å². The van der Waals surface area contributed by atoms with Crippen LogP contribution in [-0.4, -0.2) is 51.0 Å². The van der Waals surface area contributed by atoms with Crippen LogP contribution >= 0.6 is 0 Å². The largest absolute Gasteiger partial charge is 0.400 e. The molecule has 1 aromatic rings. The average Bonchev–Trinajstić information content (AvgIpc) is 2.76. The lowest BCUT2D eigenvalue weighted by molar-refractivity contribution is 0.321. The van der Waals surface area contributed by atoms with Gasteiger partial charge >= 0.3 is 0 Å². The lowest BCUT2D eigenvalue weighted by Gasteiger charge is -2.35. The molecule has 3 rings (SSSR count). The van der Waals surface area contributed by atoms with Crippen molar-refractivity contribution in [3.63, 3.8) is 0 Å². The Balaban J connectivity index is 0.000000791. The summed E-state index contributed by atoms with van der Waals surface area (Å²) in [7, 11) is 1.00. The third-order valence-corrected chi connectivity index (χ3v) is 5.01. The van der Waals surface area contributed by atoms with Gasteiger partial charge in [-0.15, -0.1) is 0 Å². The number of nitriles is 1. The molecule has 0 radical (unpaired) electrons. The van der Waals surface area contributed by atoms with Gasteiger partial charge in [-0.2, -0.15) is 5.26 Å². The molecule has 0 atom stereocenters. The maximum absolute atomic E-state index is 9.24. The Bertz CT molecular complexity index is 515. The summed E-state index contributed by atoms with van der Waals surface area (Å²) in [5, 5.41) is 23.4. The van der Waals surface area contributed by atoms with Crippen molar-refractivity contribution in [2.45, 2.75) is 45.6 Å². The van der Waals surface area contributed by atoms with E-state index in [0.29, 0.717) is 6.04 Å². The monoisotopic (exact) mass is 360 g/mol. The fraction of sp³-hybridized carbons (Fsp3) is 0.667. The van der Waals surface area contributed by atoms with E-state index in [0.717, 1.165) is 37.4 Å². The van der Waals surface area contributed by atoms with Crippen LogP contribution in [0.1, 0.15) is 45.1 Å². The first-order valence-electron chi connectivity index (χ1n) is 9.99. The molecule has 26 heavy (non-hydrogen) atoms. The van der Waals surface area contributed by atoms with Crippen LogP contribution < -0.4 is 15.5 Å². The minimum Gasteiger partial charge on any atom is -0.400 e. The van der Waals surface area contributed by atoms with E-state index in [1.54, 1.807) is 0 Å². The van der Waals surface area contributed by atoms with Gasteiger partial charge in [-0.1, -0.05) is 26.0 Å². The first-order chi connectivity index (χ1) is 12.9. The Morgan fingerprint density at radius 1 is 1.12 bits per heavy atom. The summed E-state index contributed by atoms with van der Waals surface area (Å²) in [5.41, 5.74) is 1.89. The van der Waals surface area contributed by atoms with Crippen molar-refractivity contribution in [3.05, 3.63) is 29.8 Å². The molecule has 0 saturated carbocycles. The van der Waals surface area contributed by atoms with Crippen molar-refractivity contribution < 1.29 is 5.11 Å². The van der Waals surface area contributed by atoms with E-state index in [9.17, 15) is 5.26 Å². The lowest BCUT2D eigenvalue weighted by Crippen LogP contribution is -2.45. The second kappa shape index (κ2) is 13.6. The molecule has 5 heteroatoms. The van der Waals surface area contributed by atoms with Crippen molar-refractivity contribution in [1.82, 2.24) is 10.6 Å². The summed E-state index contributed by atoms with van der Waals surface area (Å²) < 4.78 is 0. The smallest absolute Gasteiger partial charge is 0.101 e. The third-order valence-electron chi connectivity index (χ3n) is 5.01. The van der Waals surface area contributed by atoms with E-state index < -0.39 is 0 Å². The highest BCUT2D eigenvalue weighted by molar-refractivity contribution is 5.59. The molecule has 0 amide bonds. The van der Waals surface area contributed by atoms with Crippen LogP contribution in [0.2, 0.25) is 0 Å². The van der Waals surface area contributed by atoms with Crippen LogP contribution in [-0.2, 0) is 0 Å². The van der Waals surface area contributed by atoms with Crippen molar-refractivity contribution in [2.24, 2.45) is 5.92 Å². The quantitative estimate of drug-likeness (QED) is 0.770. The fourth-order valence-electron chi connectivity index (χ4n) is 3.59. The van der Waals surface area contributed by atoms with E-state index in [2.05, 4.69) is 27.7 Å². The van der Waals surface area contributed by atoms with Crippen molar-refractivity contribution >= 4 is 5.69 Å². The van der Waals surface area contributed by atoms with Crippen molar-refractivity contribution in [2.75, 3.05) is 44.7 Å². The van der Waals surface area contributed by atoms with E-state index in [1.165, 1.54) is 45.3 Å². The summed E-state index contributed by atoms with van der Waals surface area (Å²) in [6.07, 6.45) is 4.96. The maximum atomic E-state index is 9.24. The maximum Gasteiger partial charge on any atom is 0.101 e. The van der Waals surface area contributed by atoms with Gasteiger partial charge in [0.25, 0.3) is 0 Å².